The molecule has 0 unspecified atom stereocenters. The molecule has 0 aliphatic carbocycles. The summed E-state index contributed by atoms with van der Waals surface area (Å²) in [5.74, 6) is 1.09. The molecule has 96 valence electrons. The Kier molecular flexibility index (Phi) is 6.59. The van der Waals surface area contributed by atoms with Gasteiger partial charge in [0.2, 0.25) is 0 Å². The molecule has 2 nitrogen and oxygen atoms in total. The van der Waals surface area contributed by atoms with Crippen LogP contribution in [0.25, 0.3) is 0 Å². The average Bonchev–Trinajstić information content (AvgIpc) is 2.28. The number of sulfone groups is 1. The van der Waals surface area contributed by atoms with E-state index in [2.05, 4.69) is 15.9 Å². The maximum Gasteiger partial charge on any atom is 0.175 e. The van der Waals surface area contributed by atoms with Gasteiger partial charge in [-0.25, -0.2) is 8.42 Å². The third kappa shape index (κ3) is 5.93. The molecular formula is C12H17BrO2S2. The smallest absolute Gasteiger partial charge is 0.175 e. The Labute approximate surface area is 116 Å². The van der Waals surface area contributed by atoms with Crippen molar-refractivity contribution in [3.05, 3.63) is 24.3 Å². The van der Waals surface area contributed by atoms with Crippen LogP contribution in [-0.4, -0.2) is 25.8 Å². The van der Waals surface area contributed by atoms with E-state index in [-0.39, 0.29) is 0 Å². The van der Waals surface area contributed by atoms with E-state index in [0.29, 0.717) is 4.90 Å². The van der Waals surface area contributed by atoms with Gasteiger partial charge in [-0.3, -0.25) is 0 Å². The molecule has 17 heavy (non-hydrogen) atoms. The Morgan fingerprint density at radius 1 is 1.12 bits per heavy atom. The molecule has 5 heteroatoms. The van der Waals surface area contributed by atoms with E-state index in [0.717, 1.165) is 16.0 Å². The molecule has 0 N–H and O–H groups in total. The number of rotatable bonds is 7. The fraction of sp³-hybridized carbons (Fsp3) is 0.500. The van der Waals surface area contributed by atoms with Crippen LogP contribution in [0.5, 0.6) is 0 Å². The van der Waals surface area contributed by atoms with Crippen molar-refractivity contribution in [2.45, 2.75) is 29.1 Å². The summed E-state index contributed by atoms with van der Waals surface area (Å²) in [6.45, 7) is 0. The van der Waals surface area contributed by atoms with Crippen LogP contribution in [0.4, 0.5) is 0 Å². The lowest BCUT2D eigenvalue weighted by Crippen LogP contribution is -1.96. The summed E-state index contributed by atoms with van der Waals surface area (Å²) in [5.41, 5.74) is 0. The lowest BCUT2D eigenvalue weighted by atomic mass is 10.3. The van der Waals surface area contributed by atoms with Crippen molar-refractivity contribution in [3.8, 4) is 0 Å². The number of thioether (sulfide) groups is 1. The first-order valence-corrected chi connectivity index (χ1v) is 9.53. The predicted molar refractivity (Wildman–Crippen MR) is 77.9 cm³/mol. The first-order valence-electron chi connectivity index (χ1n) is 5.53. The lowest BCUT2D eigenvalue weighted by molar-refractivity contribution is 0.602. The molecule has 0 saturated carbocycles. The SMILES string of the molecule is CS(=O)(=O)c1ccc(SCCCCCBr)cc1. The highest BCUT2D eigenvalue weighted by Crippen LogP contribution is 2.21. The van der Waals surface area contributed by atoms with Gasteiger partial charge >= 0.3 is 0 Å². The average molecular weight is 337 g/mol. The number of hydrogen-bond donors (Lipinski definition) is 0. The van der Waals surface area contributed by atoms with Crippen LogP contribution in [0.2, 0.25) is 0 Å². The van der Waals surface area contributed by atoms with Gasteiger partial charge in [0.1, 0.15) is 0 Å². The highest BCUT2D eigenvalue weighted by molar-refractivity contribution is 9.09. The van der Waals surface area contributed by atoms with Gasteiger partial charge in [-0.2, -0.15) is 0 Å². The molecule has 0 heterocycles. The molecular weight excluding hydrogens is 320 g/mol. The standard InChI is InChI=1S/C12H17BrO2S2/c1-17(14,15)12-7-5-11(6-8-12)16-10-4-2-3-9-13/h5-8H,2-4,9-10H2,1H3. The second-order valence-corrected chi connectivity index (χ2v) is 7.82. The summed E-state index contributed by atoms with van der Waals surface area (Å²) < 4.78 is 22.5. The second-order valence-electron chi connectivity index (χ2n) is 3.84. The van der Waals surface area contributed by atoms with Crippen LogP contribution < -0.4 is 0 Å². The van der Waals surface area contributed by atoms with E-state index in [1.807, 2.05) is 12.1 Å². The van der Waals surface area contributed by atoms with Crippen molar-refractivity contribution >= 4 is 37.5 Å². The van der Waals surface area contributed by atoms with Crippen LogP contribution in [-0.2, 0) is 9.84 Å². The topological polar surface area (TPSA) is 34.1 Å². The van der Waals surface area contributed by atoms with Crippen molar-refractivity contribution < 1.29 is 8.42 Å². The van der Waals surface area contributed by atoms with Crippen molar-refractivity contribution in [2.75, 3.05) is 17.3 Å². The number of benzene rings is 1. The van der Waals surface area contributed by atoms with E-state index in [1.165, 1.54) is 25.5 Å². The summed E-state index contributed by atoms with van der Waals surface area (Å²) in [6, 6.07) is 7.11. The van der Waals surface area contributed by atoms with Crippen molar-refractivity contribution in [2.24, 2.45) is 0 Å². The third-order valence-corrected chi connectivity index (χ3v) is 5.09. The maximum atomic E-state index is 11.3. The summed E-state index contributed by atoms with van der Waals surface area (Å²) in [6.07, 6.45) is 4.88. The number of unbranched alkanes of at least 4 members (excludes halogenated alkanes) is 2. The molecule has 0 fully saturated rings. The van der Waals surface area contributed by atoms with Gasteiger partial charge in [0.05, 0.1) is 4.90 Å². The van der Waals surface area contributed by atoms with Gasteiger partial charge < -0.3 is 0 Å². The molecule has 0 saturated heterocycles. The summed E-state index contributed by atoms with van der Waals surface area (Å²) in [7, 11) is -3.07. The van der Waals surface area contributed by atoms with Crippen LogP contribution in [0.15, 0.2) is 34.1 Å². The molecule has 0 bridgehead atoms. The Hall–Kier alpha value is -0.000000000000000111. The molecule has 0 amide bonds. The molecule has 1 aromatic rings. The van der Waals surface area contributed by atoms with Crippen LogP contribution in [0.3, 0.4) is 0 Å². The zero-order valence-electron chi connectivity index (χ0n) is 9.86. The highest BCUT2D eigenvalue weighted by atomic mass is 79.9. The molecule has 0 aliphatic heterocycles. The summed E-state index contributed by atoms with van der Waals surface area (Å²) >= 11 is 5.19. The fourth-order valence-corrected chi connectivity index (χ4v) is 3.29. The van der Waals surface area contributed by atoms with Gasteiger partial charge in [-0.1, -0.05) is 22.4 Å². The first kappa shape index (κ1) is 15.1. The zero-order valence-corrected chi connectivity index (χ0v) is 13.1. The van der Waals surface area contributed by atoms with Crippen LogP contribution in [0.1, 0.15) is 19.3 Å². The Morgan fingerprint density at radius 2 is 1.76 bits per heavy atom. The van der Waals surface area contributed by atoms with Gasteiger partial charge in [0.15, 0.2) is 9.84 Å². The minimum Gasteiger partial charge on any atom is -0.224 e. The van der Waals surface area contributed by atoms with E-state index in [9.17, 15) is 8.42 Å². The van der Waals surface area contributed by atoms with Crippen LogP contribution >= 0.6 is 27.7 Å². The number of halogens is 1. The predicted octanol–water partition coefficient (Wildman–Crippen LogP) is 3.75. The minimum atomic E-state index is -3.07. The Balaban J connectivity index is 2.41. The van der Waals surface area contributed by atoms with Crippen molar-refractivity contribution in [1.82, 2.24) is 0 Å². The highest BCUT2D eigenvalue weighted by Gasteiger charge is 2.05. The van der Waals surface area contributed by atoms with Crippen LogP contribution in [0, 0.1) is 0 Å². The Morgan fingerprint density at radius 3 is 2.29 bits per heavy atom. The minimum absolute atomic E-state index is 0.390. The lowest BCUT2D eigenvalue weighted by Gasteiger charge is -2.03. The second kappa shape index (κ2) is 7.44. The summed E-state index contributed by atoms with van der Waals surface area (Å²) in [5, 5.41) is 1.07. The van der Waals surface area contributed by atoms with E-state index >= 15 is 0 Å². The van der Waals surface area contributed by atoms with E-state index in [4.69, 9.17) is 0 Å². The molecule has 0 radical (unpaired) electrons. The summed E-state index contributed by atoms with van der Waals surface area (Å²) in [4.78, 5) is 1.53. The molecule has 0 spiro atoms. The molecule has 0 aliphatic rings. The van der Waals surface area contributed by atoms with Crippen molar-refractivity contribution in [1.29, 1.82) is 0 Å². The molecule has 1 rings (SSSR count). The zero-order chi connectivity index (χ0) is 12.7. The molecule has 0 atom stereocenters. The van der Waals surface area contributed by atoms with Gasteiger partial charge in [-0.15, -0.1) is 11.8 Å². The van der Waals surface area contributed by atoms with E-state index < -0.39 is 9.84 Å². The monoisotopic (exact) mass is 336 g/mol. The maximum absolute atomic E-state index is 11.3. The van der Waals surface area contributed by atoms with Crippen molar-refractivity contribution in [3.63, 3.8) is 0 Å². The van der Waals surface area contributed by atoms with Gasteiger partial charge in [0.25, 0.3) is 0 Å². The molecule has 0 aromatic heterocycles. The first-order chi connectivity index (χ1) is 8.04. The number of hydrogen-bond acceptors (Lipinski definition) is 3. The normalized spacial score (nSPS) is 11.6. The number of alkyl halides is 1. The van der Waals surface area contributed by atoms with E-state index in [1.54, 1.807) is 23.9 Å². The van der Waals surface area contributed by atoms with Gasteiger partial charge in [0, 0.05) is 16.5 Å². The van der Waals surface area contributed by atoms with Gasteiger partial charge in [-0.05, 0) is 42.9 Å². The third-order valence-electron chi connectivity index (χ3n) is 2.30. The Bertz CT molecular complexity index is 426. The quantitative estimate of drug-likeness (QED) is 0.432. The molecule has 1 aromatic carbocycles. The largest absolute Gasteiger partial charge is 0.224 e. The fourth-order valence-electron chi connectivity index (χ4n) is 1.35.